The standard InChI is InChI=1S/C6H13O.Zr/c1-3-4-5-6(2)7;/h6H,3-5H2,1-2H3;/q-1;+1. The van der Waals surface area contributed by atoms with Gasteiger partial charge in [-0.2, -0.15) is 0 Å². The summed E-state index contributed by atoms with van der Waals surface area (Å²) >= 11 is 1.20. The van der Waals surface area contributed by atoms with Crippen LogP contribution in [0.4, 0.5) is 0 Å². The van der Waals surface area contributed by atoms with Crippen molar-refractivity contribution >= 4 is 0 Å². The molecule has 0 N–H and O–H groups in total. The molecule has 0 saturated heterocycles. The van der Waals surface area contributed by atoms with Crippen molar-refractivity contribution in [3.05, 3.63) is 0 Å². The van der Waals surface area contributed by atoms with E-state index in [1.54, 1.807) is 0 Å². The maximum atomic E-state index is 5.14. The van der Waals surface area contributed by atoms with E-state index in [9.17, 15) is 0 Å². The number of unbranched alkanes of at least 4 members (excludes halogenated alkanes) is 1. The first kappa shape index (κ1) is 8.84. The molecule has 8 heavy (non-hydrogen) atoms. The van der Waals surface area contributed by atoms with Crippen LogP contribution in [0.1, 0.15) is 33.1 Å². The molecule has 0 radical (unpaired) electrons. The molecule has 0 spiro atoms. The second-order valence-electron chi connectivity index (χ2n) is 2.07. The Bertz CT molecular complexity index is 47.8. The minimum atomic E-state index is 0.494. The third-order valence-electron chi connectivity index (χ3n) is 1.17. The summed E-state index contributed by atoms with van der Waals surface area (Å²) in [6, 6.07) is 0. The summed E-state index contributed by atoms with van der Waals surface area (Å²) in [4.78, 5) is 0. The molecule has 47 valence electrons. The van der Waals surface area contributed by atoms with Gasteiger partial charge in [-0.05, 0) is 0 Å². The van der Waals surface area contributed by atoms with Crippen molar-refractivity contribution < 1.29 is 28.0 Å². The van der Waals surface area contributed by atoms with Crippen molar-refractivity contribution in [1.82, 2.24) is 0 Å². The molecule has 0 aromatic heterocycles. The van der Waals surface area contributed by atoms with Crippen LogP contribution in [0, 0.1) is 0 Å². The van der Waals surface area contributed by atoms with Crippen LogP contribution in [0.2, 0.25) is 0 Å². The summed E-state index contributed by atoms with van der Waals surface area (Å²) in [6.45, 7) is 4.33. The van der Waals surface area contributed by atoms with E-state index in [-0.39, 0.29) is 0 Å². The van der Waals surface area contributed by atoms with E-state index < -0.39 is 0 Å². The zero-order valence-electron chi connectivity index (χ0n) is 5.61. The van der Waals surface area contributed by atoms with E-state index in [0.29, 0.717) is 6.10 Å². The van der Waals surface area contributed by atoms with Gasteiger partial charge in [-0.15, -0.1) is 0 Å². The van der Waals surface area contributed by atoms with Gasteiger partial charge in [-0.1, -0.05) is 0 Å². The molecule has 0 aliphatic rings. The maximum absolute atomic E-state index is 5.14. The number of rotatable bonds is 4. The van der Waals surface area contributed by atoms with Gasteiger partial charge in [0.15, 0.2) is 0 Å². The van der Waals surface area contributed by atoms with Crippen LogP contribution in [0.25, 0.3) is 0 Å². The zero-order chi connectivity index (χ0) is 6.41. The van der Waals surface area contributed by atoms with Crippen LogP contribution < -0.4 is 0 Å². The molecule has 0 aromatic carbocycles. The number of hydrogen-bond acceptors (Lipinski definition) is 1. The molecule has 2 heteroatoms. The van der Waals surface area contributed by atoms with Gasteiger partial charge in [0.1, 0.15) is 0 Å². The van der Waals surface area contributed by atoms with Crippen molar-refractivity contribution in [1.29, 1.82) is 0 Å². The van der Waals surface area contributed by atoms with E-state index >= 15 is 0 Å². The van der Waals surface area contributed by atoms with E-state index in [2.05, 4.69) is 13.8 Å². The molecular weight excluding hydrogens is 179 g/mol. The van der Waals surface area contributed by atoms with Crippen LogP contribution in [0.3, 0.4) is 0 Å². The summed E-state index contributed by atoms with van der Waals surface area (Å²) in [6.07, 6.45) is 4.30. The predicted octanol–water partition coefficient (Wildman–Crippen LogP) is 2.04. The summed E-state index contributed by atoms with van der Waals surface area (Å²) in [5.41, 5.74) is 0. The SMILES string of the molecule is CCCCC(C)[O][Zr]. The Hall–Kier alpha value is 0.843. The van der Waals surface area contributed by atoms with Crippen LogP contribution in [-0.2, 0) is 28.0 Å². The molecule has 0 bridgehead atoms. The third-order valence-corrected chi connectivity index (χ3v) is 2.15. The van der Waals surface area contributed by atoms with Gasteiger partial charge >= 0.3 is 67.2 Å². The normalized spacial score (nSPS) is 13.6. The van der Waals surface area contributed by atoms with Gasteiger partial charge in [-0.3, -0.25) is 0 Å². The zero-order valence-corrected chi connectivity index (χ0v) is 8.06. The van der Waals surface area contributed by atoms with Crippen molar-refractivity contribution in [3.63, 3.8) is 0 Å². The van der Waals surface area contributed by atoms with Crippen LogP contribution in [-0.4, -0.2) is 6.10 Å². The molecule has 0 aliphatic heterocycles. The molecule has 0 heterocycles. The quantitative estimate of drug-likeness (QED) is 0.662. The fourth-order valence-corrected chi connectivity index (χ4v) is 0.840. The molecule has 1 atom stereocenters. The summed E-state index contributed by atoms with van der Waals surface area (Å²) in [5, 5.41) is 0. The molecule has 0 aromatic rings. The van der Waals surface area contributed by atoms with Gasteiger partial charge in [0.25, 0.3) is 0 Å². The Balaban J connectivity index is 2.86. The van der Waals surface area contributed by atoms with Gasteiger partial charge in [-0.25, -0.2) is 0 Å². The fourth-order valence-electron chi connectivity index (χ4n) is 0.551. The van der Waals surface area contributed by atoms with E-state index in [1.807, 2.05) is 0 Å². The molecule has 0 saturated carbocycles. The Kier molecular flexibility index (Phi) is 6.60. The first-order valence-corrected chi connectivity index (χ1v) is 4.14. The Labute approximate surface area is 67.3 Å². The van der Waals surface area contributed by atoms with Gasteiger partial charge in [0, 0.05) is 0 Å². The second kappa shape index (κ2) is 5.97. The molecular formula is C6H13OZr. The Morgan fingerprint density at radius 3 is 2.62 bits per heavy atom. The van der Waals surface area contributed by atoms with Crippen LogP contribution in [0.15, 0.2) is 0 Å². The fraction of sp³-hybridized carbons (Fsp3) is 1.00. The summed E-state index contributed by atoms with van der Waals surface area (Å²) in [7, 11) is 0. The number of hydrogen-bond donors (Lipinski definition) is 0. The van der Waals surface area contributed by atoms with Gasteiger partial charge < -0.3 is 0 Å². The van der Waals surface area contributed by atoms with Crippen LogP contribution in [0.5, 0.6) is 0 Å². The van der Waals surface area contributed by atoms with Crippen molar-refractivity contribution in [2.75, 3.05) is 0 Å². The predicted molar refractivity (Wildman–Crippen MR) is 30.1 cm³/mol. The molecule has 0 aliphatic carbocycles. The van der Waals surface area contributed by atoms with Crippen molar-refractivity contribution in [2.45, 2.75) is 39.2 Å². The molecule has 1 nitrogen and oxygen atoms in total. The first-order chi connectivity index (χ1) is 3.81. The minimum absolute atomic E-state index is 0.494. The monoisotopic (exact) mass is 191 g/mol. The van der Waals surface area contributed by atoms with E-state index in [1.165, 1.54) is 44.4 Å². The third kappa shape index (κ3) is 4.99. The first-order valence-electron chi connectivity index (χ1n) is 3.13. The molecule has 0 rings (SSSR count). The van der Waals surface area contributed by atoms with E-state index in [4.69, 9.17) is 2.81 Å². The summed E-state index contributed by atoms with van der Waals surface area (Å²) < 4.78 is 5.14. The topological polar surface area (TPSA) is 9.23 Å². The summed E-state index contributed by atoms with van der Waals surface area (Å²) in [5.74, 6) is 0. The Morgan fingerprint density at radius 2 is 2.25 bits per heavy atom. The Morgan fingerprint density at radius 1 is 1.62 bits per heavy atom. The van der Waals surface area contributed by atoms with E-state index in [0.717, 1.165) is 0 Å². The molecule has 0 amide bonds. The molecule has 0 fully saturated rings. The van der Waals surface area contributed by atoms with Crippen molar-refractivity contribution in [3.8, 4) is 0 Å². The average molecular weight is 192 g/mol. The second-order valence-corrected chi connectivity index (χ2v) is 2.65. The average Bonchev–Trinajstić information content (AvgIpc) is 1.83. The van der Waals surface area contributed by atoms with Gasteiger partial charge in [0.05, 0.1) is 0 Å². The van der Waals surface area contributed by atoms with Crippen molar-refractivity contribution in [2.24, 2.45) is 0 Å². The molecule has 1 unspecified atom stereocenters. The van der Waals surface area contributed by atoms with Gasteiger partial charge in [0.2, 0.25) is 0 Å². The van der Waals surface area contributed by atoms with Crippen LogP contribution >= 0.6 is 0 Å².